The molecule has 0 bridgehead atoms. The molecular formula is C14H15ClN2O3S2. The summed E-state index contributed by atoms with van der Waals surface area (Å²) < 4.78 is 25.5. The average molecular weight is 359 g/mol. The number of thiophene rings is 1. The molecule has 2 rings (SSSR count). The van der Waals surface area contributed by atoms with E-state index in [-0.39, 0.29) is 11.9 Å². The molecule has 0 aliphatic carbocycles. The highest BCUT2D eigenvalue weighted by Gasteiger charge is 2.14. The van der Waals surface area contributed by atoms with Gasteiger partial charge in [0.15, 0.2) is 0 Å². The number of anilines is 1. The van der Waals surface area contributed by atoms with E-state index >= 15 is 0 Å². The van der Waals surface area contributed by atoms with Gasteiger partial charge in [-0.2, -0.15) is 0 Å². The molecule has 0 saturated heterocycles. The van der Waals surface area contributed by atoms with E-state index in [1.165, 1.54) is 17.4 Å². The number of hydrogen-bond donors (Lipinski definition) is 2. The van der Waals surface area contributed by atoms with Crippen LogP contribution in [0, 0.1) is 0 Å². The van der Waals surface area contributed by atoms with Gasteiger partial charge in [0.25, 0.3) is 5.91 Å². The Balaban J connectivity index is 2.11. The molecule has 2 N–H and O–H groups in total. The smallest absolute Gasteiger partial charge is 0.251 e. The third kappa shape index (κ3) is 4.72. The summed E-state index contributed by atoms with van der Waals surface area (Å²) in [6, 6.07) is 9.77. The molecule has 1 aromatic carbocycles. The molecule has 1 atom stereocenters. The lowest BCUT2D eigenvalue weighted by Crippen LogP contribution is -2.26. The summed E-state index contributed by atoms with van der Waals surface area (Å²) in [6.45, 7) is 1.86. The monoisotopic (exact) mass is 358 g/mol. The topological polar surface area (TPSA) is 75.3 Å². The predicted octanol–water partition coefficient (Wildman–Crippen LogP) is 3.26. The van der Waals surface area contributed by atoms with Crippen molar-refractivity contribution in [1.82, 2.24) is 5.32 Å². The highest BCUT2D eigenvalue weighted by Crippen LogP contribution is 2.26. The Labute approximate surface area is 138 Å². The molecule has 2 aromatic rings. The first-order valence-electron chi connectivity index (χ1n) is 6.38. The Morgan fingerprint density at radius 2 is 2.00 bits per heavy atom. The Morgan fingerprint density at radius 3 is 2.59 bits per heavy atom. The van der Waals surface area contributed by atoms with Gasteiger partial charge in [-0.25, -0.2) is 8.42 Å². The van der Waals surface area contributed by atoms with E-state index in [0.717, 1.165) is 11.1 Å². The Kier molecular flexibility index (Phi) is 5.10. The highest BCUT2D eigenvalue weighted by molar-refractivity contribution is 7.92. The molecule has 118 valence electrons. The lowest BCUT2D eigenvalue weighted by molar-refractivity contribution is 0.0940. The molecule has 0 unspecified atom stereocenters. The molecule has 0 aliphatic rings. The normalized spacial score (nSPS) is 12.7. The van der Waals surface area contributed by atoms with Gasteiger partial charge in [0, 0.05) is 16.1 Å². The van der Waals surface area contributed by atoms with Crippen LogP contribution in [0.2, 0.25) is 4.34 Å². The number of rotatable bonds is 5. The summed E-state index contributed by atoms with van der Waals surface area (Å²) in [6.07, 6.45) is 1.06. The third-order valence-electron chi connectivity index (χ3n) is 2.80. The number of amides is 1. The molecule has 0 saturated carbocycles. The second kappa shape index (κ2) is 6.68. The van der Waals surface area contributed by atoms with Crippen LogP contribution in [0.4, 0.5) is 5.69 Å². The number of hydrogen-bond acceptors (Lipinski definition) is 4. The standard InChI is InChI=1S/C14H15ClN2O3S2/c1-9(12-6-7-13(15)21-12)16-14(18)10-4-3-5-11(8-10)17-22(2,19)20/h3-9,17H,1-2H3,(H,16,18)/t9-/m0/s1. The van der Waals surface area contributed by atoms with Crippen LogP contribution in [0.1, 0.15) is 28.2 Å². The van der Waals surface area contributed by atoms with Crippen molar-refractivity contribution >= 4 is 44.6 Å². The average Bonchev–Trinajstić information content (AvgIpc) is 2.84. The molecular weight excluding hydrogens is 344 g/mol. The van der Waals surface area contributed by atoms with Crippen LogP contribution in [-0.4, -0.2) is 20.6 Å². The first kappa shape index (κ1) is 16.8. The lowest BCUT2D eigenvalue weighted by Gasteiger charge is -2.13. The zero-order valence-electron chi connectivity index (χ0n) is 12.0. The largest absolute Gasteiger partial charge is 0.345 e. The molecule has 1 heterocycles. The van der Waals surface area contributed by atoms with Gasteiger partial charge in [0.05, 0.1) is 16.6 Å². The van der Waals surface area contributed by atoms with Crippen molar-refractivity contribution in [3.8, 4) is 0 Å². The molecule has 1 amide bonds. The summed E-state index contributed by atoms with van der Waals surface area (Å²) in [5.41, 5.74) is 0.727. The van der Waals surface area contributed by atoms with Crippen molar-refractivity contribution in [3.05, 3.63) is 51.2 Å². The van der Waals surface area contributed by atoms with Crippen LogP contribution in [0.15, 0.2) is 36.4 Å². The number of halogens is 1. The van der Waals surface area contributed by atoms with Crippen LogP contribution in [0.25, 0.3) is 0 Å². The first-order valence-corrected chi connectivity index (χ1v) is 9.47. The maximum Gasteiger partial charge on any atom is 0.251 e. The van der Waals surface area contributed by atoms with E-state index < -0.39 is 10.0 Å². The number of carbonyl (C=O) groups is 1. The van der Waals surface area contributed by atoms with Crippen LogP contribution >= 0.6 is 22.9 Å². The van der Waals surface area contributed by atoms with Gasteiger partial charge >= 0.3 is 0 Å². The van der Waals surface area contributed by atoms with Gasteiger partial charge < -0.3 is 5.32 Å². The fraction of sp³-hybridized carbons (Fsp3) is 0.214. The van der Waals surface area contributed by atoms with E-state index in [2.05, 4.69) is 10.0 Å². The number of carbonyl (C=O) groups excluding carboxylic acids is 1. The molecule has 8 heteroatoms. The van der Waals surface area contributed by atoms with Crippen molar-refractivity contribution in [2.45, 2.75) is 13.0 Å². The van der Waals surface area contributed by atoms with Crippen molar-refractivity contribution in [1.29, 1.82) is 0 Å². The molecule has 22 heavy (non-hydrogen) atoms. The van der Waals surface area contributed by atoms with E-state index in [0.29, 0.717) is 15.6 Å². The summed E-state index contributed by atoms with van der Waals surface area (Å²) >= 11 is 7.28. The van der Waals surface area contributed by atoms with Crippen molar-refractivity contribution < 1.29 is 13.2 Å². The summed E-state index contributed by atoms with van der Waals surface area (Å²) in [5.74, 6) is -0.283. The number of sulfonamides is 1. The minimum atomic E-state index is -3.38. The zero-order chi connectivity index (χ0) is 16.3. The second-order valence-electron chi connectivity index (χ2n) is 4.79. The predicted molar refractivity (Wildman–Crippen MR) is 90.1 cm³/mol. The zero-order valence-corrected chi connectivity index (χ0v) is 14.3. The van der Waals surface area contributed by atoms with Crippen molar-refractivity contribution in [2.75, 3.05) is 11.0 Å². The summed E-state index contributed by atoms with van der Waals surface area (Å²) in [4.78, 5) is 13.2. The van der Waals surface area contributed by atoms with Crippen molar-refractivity contribution in [2.24, 2.45) is 0 Å². The minimum absolute atomic E-state index is 0.184. The Bertz CT molecular complexity index is 787. The number of benzene rings is 1. The van der Waals surface area contributed by atoms with Gasteiger partial charge in [0.2, 0.25) is 10.0 Å². The van der Waals surface area contributed by atoms with E-state index in [1.807, 2.05) is 13.0 Å². The third-order valence-corrected chi connectivity index (χ3v) is 4.82. The van der Waals surface area contributed by atoms with Crippen LogP contribution in [0.3, 0.4) is 0 Å². The van der Waals surface area contributed by atoms with Gasteiger partial charge in [0.1, 0.15) is 0 Å². The van der Waals surface area contributed by atoms with E-state index in [1.54, 1.807) is 24.3 Å². The fourth-order valence-corrected chi connectivity index (χ4v) is 3.47. The molecule has 0 spiro atoms. The maximum atomic E-state index is 12.2. The molecule has 5 nitrogen and oxygen atoms in total. The lowest BCUT2D eigenvalue weighted by atomic mass is 10.1. The van der Waals surface area contributed by atoms with Crippen LogP contribution in [0.5, 0.6) is 0 Å². The van der Waals surface area contributed by atoms with Crippen LogP contribution in [-0.2, 0) is 10.0 Å². The first-order chi connectivity index (χ1) is 10.2. The molecule has 0 fully saturated rings. The summed E-state index contributed by atoms with van der Waals surface area (Å²) in [5, 5.41) is 2.85. The quantitative estimate of drug-likeness (QED) is 0.861. The number of nitrogens with one attached hydrogen (secondary N) is 2. The molecule has 1 aromatic heterocycles. The van der Waals surface area contributed by atoms with Crippen LogP contribution < -0.4 is 10.0 Å². The van der Waals surface area contributed by atoms with Gasteiger partial charge in [-0.3, -0.25) is 9.52 Å². The fourth-order valence-electron chi connectivity index (χ4n) is 1.85. The molecule has 0 aliphatic heterocycles. The van der Waals surface area contributed by atoms with Gasteiger partial charge in [-0.05, 0) is 37.3 Å². The Hall–Kier alpha value is -1.57. The highest BCUT2D eigenvalue weighted by atomic mass is 35.5. The van der Waals surface area contributed by atoms with Crippen molar-refractivity contribution in [3.63, 3.8) is 0 Å². The Morgan fingerprint density at radius 1 is 1.27 bits per heavy atom. The maximum absolute atomic E-state index is 12.2. The van der Waals surface area contributed by atoms with E-state index in [9.17, 15) is 13.2 Å². The van der Waals surface area contributed by atoms with Gasteiger partial charge in [-0.1, -0.05) is 17.7 Å². The molecule has 0 radical (unpaired) electrons. The van der Waals surface area contributed by atoms with Gasteiger partial charge in [-0.15, -0.1) is 11.3 Å². The summed E-state index contributed by atoms with van der Waals surface area (Å²) in [7, 11) is -3.38. The second-order valence-corrected chi connectivity index (χ2v) is 8.29. The minimum Gasteiger partial charge on any atom is -0.345 e. The SMILES string of the molecule is C[C@H](NC(=O)c1cccc(NS(C)(=O)=O)c1)c1ccc(Cl)s1. The van der Waals surface area contributed by atoms with E-state index in [4.69, 9.17) is 11.6 Å².